The number of nitrogens with one attached hydrogen (secondary N) is 1. The quantitative estimate of drug-likeness (QED) is 0.454. The minimum atomic E-state index is -1.66. The molecule has 3 aromatic carbocycles. The number of rotatable bonds is 5. The lowest BCUT2D eigenvalue weighted by Crippen LogP contribution is -2.10. The first-order valence-corrected chi connectivity index (χ1v) is 9.76. The van der Waals surface area contributed by atoms with Gasteiger partial charge in [-0.05, 0) is 65.7 Å². The van der Waals surface area contributed by atoms with Crippen LogP contribution in [-0.2, 0) is 0 Å². The minimum Gasteiger partial charge on any atom is -0.382 e. The van der Waals surface area contributed by atoms with Crippen molar-refractivity contribution in [3.63, 3.8) is 0 Å². The van der Waals surface area contributed by atoms with E-state index in [1.165, 1.54) is 12.3 Å². The van der Waals surface area contributed by atoms with E-state index in [9.17, 15) is 13.9 Å². The first kappa shape index (κ1) is 21.6. The van der Waals surface area contributed by atoms with E-state index in [4.69, 9.17) is 10.5 Å². The van der Waals surface area contributed by atoms with E-state index < -0.39 is 23.3 Å². The van der Waals surface area contributed by atoms with Crippen LogP contribution in [0.3, 0.4) is 0 Å². The molecule has 0 spiro atoms. The molecule has 0 radical (unpaired) electrons. The Hall–Kier alpha value is -4.66. The second kappa shape index (κ2) is 9.23. The van der Waals surface area contributed by atoms with Crippen molar-refractivity contribution in [2.24, 2.45) is 0 Å². The van der Waals surface area contributed by atoms with Gasteiger partial charge in [0.2, 0.25) is 5.95 Å². The van der Waals surface area contributed by atoms with Crippen LogP contribution >= 0.6 is 0 Å². The Kier molecular flexibility index (Phi) is 6.03. The third-order valence-electron chi connectivity index (χ3n) is 4.93. The van der Waals surface area contributed by atoms with Crippen molar-refractivity contribution in [3.8, 4) is 23.3 Å². The highest BCUT2D eigenvalue weighted by atomic mass is 19.1. The third-order valence-corrected chi connectivity index (χ3v) is 4.93. The van der Waals surface area contributed by atoms with Gasteiger partial charge in [0.1, 0.15) is 17.7 Å². The van der Waals surface area contributed by atoms with Crippen LogP contribution in [0.2, 0.25) is 0 Å². The molecule has 0 fully saturated rings. The van der Waals surface area contributed by atoms with Gasteiger partial charge in [0.25, 0.3) is 0 Å². The Morgan fingerprint density at radius 3 is 1.97 bits per heavy atom. The summed E-state index contributed by atoms with van der Waals surface area (Å²) in [5.41, 5.74) is 1.80. The SMILES string of the molecule is N#Cc1ccc(Nc2nccc(C(O)c3c(F)cc(-c4ccc(C#N)cc4)cc3F)n2)cc1. The van der Waals surface area contributed by atoms with Crippen LogP contribution in [-0.4, -0.2) is 15.1 Å². The van der Waals surface area contributed by atoms with Crippen LogP contribution in [0.5, 0.6) is 0 Å². The summed E-state index contributed by atoms with van der Waals surface area (Å²) in [6.45, 7) is 0. The highest BCUT2D eigenvalue weighted by Gasteiger charge is 2.23. The molecule has 33 heavy (non-hydrogen) atoms. The molecule has 0 aliphatic rings. The molecular weight excluding hydrogens is 424 g/mol. The molecule has 1 aromatic heterocycles. The fraction of sp³-hybridized carbons (Fsp3) is 0.0400. The number of halogens is 2. The molecule has 8 heteroatoms. The Balaban J connectivity index is 1.60. The zero-order valence-electron chi connectivity index (χ0n) is 17.0. The van der Waals surface area contributed by atoms with Gasteiger partial charge < -0.3 is 10.4 Å². The predicted octanol–water partition coefficient (Wildman–Crippen LogP) is 4.99. The Morgan fingerprint density at radius 2 is 1.39 bits per heavy atom. The second-order valence-corrected chi connectivity index (χ2v) is 7.06. The van der Waals surface area contributed by atoms with Crippen molar-refractivity contribution in [3.05, 3.63) is 107 Å². The van der Waals surface area contributed by atoms with Crippen LogP contribution in [0.1, 0.15) is 28.5 Å². The topological polar surface area (TPSA) is 106 Å². The standard InChI is InChI=1S/C25H15F2N5O/c26-20-11-18(17-5-1-15(13-28)2-6-17)12-21(27)23(20)24(33)22-9-10-30-25(32-22)31-19-7-3-16(14-29)4-8-19/h1-12,24,33H,(H,30,31,32). The summed E-state index contributed by atoms with van der Waals surface area (Å²) in [6.07, 6.45) is -0.303. The number of nitriles is 2. The fourth-order valence-electron chi connectivity index (χ4n) is 3.24. The molecule has 1 atom stereocenters. The van der Waals surface area contributed by atoms with Crippen molar-refractivity contribution in [2.45, 2.75) is 6.10 Å². The first-order chi connectivity index (χ1) is 16.0. The van der Waals surface area contributed by atoms with Gasteiger partial charge in [-0.2, -0.15) is 10.5 Å². The van der Waals surface area contributed by atoms with Gasteiger partial charge in [-0.15, -0.1) is 0 Å². The fourth-order valence-corrected chi connectivity index (χ4v) is 3.24. The lowest BCUT2D eigenvalue weighted by Gasteiger charge is -2.15. The molecular formula is C25H15F2N5O. The molecule has 4 aromatic rings. The molecule has 0 saturated carbocycles. The molecule has 0 bridgehead atoms. The Labute approximate surface area is 188 Å². The molecule has 0 aliphatic carbocycles. The van der Waals surface area contributed by atoms with Crippen LogP contribution in [0.4, 0.5) is 20.4 Å². The van der Waals surface area contributed by atoms with E-state index in [-0.39, 0.29) is 17.2 Å². The third kappa shape index (κ3) is 4.67. The maximum Gasteiger partial charge on any atom is 0.227 e. The number of hydrogen-bond donors (Lipinski definition) is 2. The maximum absolute atomic E-state index is 14.9. The molecule has 4 rings (SSSR count). The number of hydrogen-bond acceptors (Lipinski definition) is 6. The summed E-state index contributed by atoms with van der Waals surface area (Å²) in [5.74, 6) is -1.74. The van der Waals surface area contributed by atoms with Crippen molar-refractivity contribution in [1.82, 2.24) is 9.97 Å². The molecule has 6 nitrogen and oxygen atoms in total. The van der Waals surface area contributed by atoms with Gasteiger partial charge in [-0.1, -0.05) is 12.1 Å². The Bertz CT molecular complexity index is 1370. The van der Waals surface area contributed by atoms with E-state index in [0.29, 0.717) is 22.4 Å². The number of anilines is 2. The average molecular weight is 439 g/mol. The lowest BCUT2D eigenvalue weighted by atomic mass is 9.98. The number of aliphatic hydroxyl groups is 1. The van der Waals surface area contributed by atoms with Crippen LogP contribution < -0.4 is 5.32 Å². The molecule has 0 saturated heterocycles. The van der Waals surface area contributed by atoms with Crippen LogP contribution in [0.15, 0.2) is 72.9 Å². The lowest BCUT2D eigenvalue weighted by molar-refractivity contribution is 0.204. The number of benzene rings is 3. The Morgan fingerprint density at radius 1 is 0.818 bits per heavy atom. The molecule has 160 valence electrons. The van der Waals surface area contributed by atoms with Gasteiger partial charge >= 0.3 is 0 Å². The monoisotopic (exact) mass is 439 g/mol. The van der Waals surface area contributed by atoms with Gasteiger partial charge in [-0.25, -0.2) is 18.7 Å². The molecule has 2 N–H and O–H groups in total. The van der Waals surface area contributed by atoms with E-state index in [1.54, 1.807) is 48.5 Å². The van der Waals surface area contributed by atoms with Crippen molar-refractivity contribution < 1.29 is 13.9 Å². The summed E-state index contributed by atoms with van der Waals surface area (Å²) in [5, 5.41) is 31.4. The largest absolute Gasteiger partial charge is 0.382 e. The summed E-state index contributed by atoms with van der Waals surface area (Å²) < 4.78 is 29.7. The van der Waals surface area contributed by atoms with Crippen molar-refractivity contribution in [2.75, 3.05) is 5.32 Å². The number of aliphatic hydroxyl groups excluding tert-OH is 1. The highest BCUT2D eigenvalue weighted by molar-refractivity contribution is 5.65. The van der Waals surface area contributed by atoms with Crippen molar-refractivity contribution >= 4 is 11.6 Å². The highest BCUT2D eigenvalue weighted by Crippen LogP contribution is 2.31. The minimum absolute atomic E-state index is 0.00469. The molecule has 0 amide bonds. The summed E-state index contributed by atoms with van der Waals surface area (Å²) in [4.78, 5) is 8.22. The smallest absolute Gasteiger partial charge is 0.227 e. The van der Waals surface area contributed by atoms with E-state index in [0.717, 1.165) is 12.1 Å². The summed E-state index contributed by atoms with van der Waals surface area (Å²) >= 11 is 0. The van der Waals surface area contributed by atoms with Gasteiger partial charge in [-0.3, -0.25) is 0 Å². The predicted molar refractivity (Wildman–Crippen MR) is 117 cm³/mol. The first-order valence-electron chi connectivity index (χ1n) is 9.76. The normalized spacial score (nSPS) is 11.3. The zero-order valence-corrected chi connectivity index (χ0v) is 17.0. The number of nitrogens with zero attached hydrogens (tertiary/aromatic N) is 4. The van der Waals surface area contributed by atoms with Gasteiger partial charge in [0.15, 0.2) is 0 Å². The van der Waals surface area contributed by atoms with Gasteiger partial charge in [0.05, 0.1) is 34.5 Å². The van der Waals surface area contributed by atoms with E-state index >= 15 is 0 Å². The van der Waals surface area contributed by atoms with E-state index in [1.807, 2.05) is 12.1 Å². The van der Waals surface area contributed by atoms with Crippen LogP contribution in [0.25, 0.3) is 11.1 Å². The maximum atomic E-state index is 14.9. The molecule has 1 heterocycles. The average Bonchev–Trinajstić information content (AvgIpc) is 2.84. The molecule has 1 unspecified atom stereocenters. The second-order valence-electron chi connectivity index (χ2n) is 7.06. The summed E-state index contributed by atoms with van der Waals surface area (Å²) in [7, 11) is 0. The zero-order chi connectivity index (χ0) is 23.4. The molecule has 0 aliphatic heterocycles. The number of aromatic nitrogens is 2. The van der Waals surface area contributed by atoms with Crippen molar-refractivity contribution in [1.29, 1.82) is 10.5 Å². The summed E-state index contributed by atoms with van der Waals surface area (Å²) in [6, 6.07) is 20.4. The van der Waals surface area contributed by atoms with Gasteiger partial charge in [0, 0.05) is 11.9 Å². The van der Waals surface area contributed by atoms with E-state index in [2.05, 4.69) is 15.3 Å². The van der Waals surface area contributed by atoms with Crippen LogP contribution in [0, 0.1) is 34.3 Å².